The molecule has 0 bridgehead atoms. The van der Waals surface area contributed by atoms with Crippen molar-refractivity contribution in [3.8, 4) is 0 Å². The number of nitrogens with zero attached hydrogens (tertiary/aromatic N) is 2. The number of rotatable bonds is 3. The van der Waals surface area contributed by atoms with Gasteiger partial charge in [-0.1, -0.05) is 36.4 Å². The minimum absolute atomic E-state index is 0. The fraction of sp³-hybridized carbons (Fsp3) is 0.294. The number of halogens is 1. The van der Waals surface area contributed by atoms with Crippen molar-refractivity contribution in [1.82, 2.24) is 9.88 Å². The van der Waals surface area contributed by atoms with E-state index < -0.39 is 0 Å². The molecule has 2 atom stereocenters. The molecule has 1 aliphatic rings. The second-order valence-electron chi connectivity index (χ2n) is 5.52. The zero-order chi connectivity index (χ0) is 14.7. The molecule has 0 spiro atoms. The Kier molecular flexibility index (Phi) is 5.52. The van der Waals surface area contributed by atoms with E-state index in [-0.39, 0.29) is 30.3 Å². The number of amides is 1. The largest absolute Gasteiger partial charge is 0.340 e. The number of carbonyl (C=O) groups excluding carboxylic acids is 1. The Morgan fingerprint density at radius 2 is 1.95 bits per heavy atom. The van der Waals surface area contributed by atoms with Crippen molar-refractivity contribution in [2.24, 2.45) is 5.73 Å². The van der Waals surface area contributed by atoms with E-state index in [2.05, 4.69) is 17.1 Å². The molecular formula is C17H20ClN3O. The van der Waals surface area contributed by atoms with E-state index in [1.807, 2.05) is 35.2 Å². The Morgan fingerprint density at radius 3 is 2.64 bits per heavy atom. The van der Waals surface area contributed by atoms with E-state index in [0.717, 1.165) is 5.56 Å². The lowest BCUT2D eigenvalue weighted by Gasteiger charge is -2.16. The molecule has 1 aromatic carbocycles. The molecule has 0 radical (unpaired) electrons. The van der Waals surface area contributed by atoms with E-state index in [9.17, 15) is 4.79 Å². The van der Waals surface area contributed by atoms with Gasteiger partial charge in [0.25, 0.3) is 0 Å². The fourth-order valence-corrected chi connectivity index (χ4v) is 2.87. The molecule has 5 heteroatoms. The summed E-state index contributed by atoms with van der Waals surface area (Å²) in [6, 6.07) is 14.0. The van der Waals surface area contributed by atoms with Gasteiger partial charge in [0.05, 0.1) is 6.42 Å². The lowest BCUT2D eigenvalue weighted by Crippen LogP contribution is -2.33. The Labute approximate surface area is 136 Å². The van der Waals surface area contributed by atoms with Crippen molar-refractivity contribution >= 4 is 18.3 Å². The number of likely N-dealkylation sites (tertiary alicyclic amines) is 1. The van der Waals surface area contributed by atoms with E-state index in [4.69, 9.17) is 5.73 Å². The van der Waals surface area contributed by atoms with Gasteiger partial charge in [-0.05, 0) is 17.2 Å². The van der Waals surface area contributed by atoms with Gasteiger partial charge < -0.3 is 10.6 Å². The first-order valence-corrected chi connectivity index (χ1v) is 7.21. The number of nitrogens with two attached hydrogens (primary N) is 1. The van der Waals surface area contributed by atoms with Crippen LogP contribution in [0.1, 0.15) is 17.0 Å². The highest BCUT2D eigenvalue weighted by Crippen LogP contribution is 2.26. The predicted octanol–water partition coefficient (Wildman–Crippen LogP) is 2.00. The third-order valence-electron chi connectivity index (χ3n) is 4.02. The van der Waals surface area contributed by atoms with Crippen LogP contribution in [-0.4, -0.2) is 34.9 Å². The third kappa shape index (κ3) is 3.64. The Morgan fingerprint density at radius 1 is 1.18 bits per heavy atom. The third-order valence-corrected chi connectivity index (χ3v) is 4.02. The molecule has 1 aromatic heterocycles. The number of benzene rings is 1. The first-order chi connectivity index (χ1) is 10.2. The van der Waals surface area contributed by atoms with Crippen LogP contribution in [0.3, 0.4) is 0 Å². The standard InChI is InChI=1S/C17H19N3O.ClH/c18-16-12-20(11-15(16)14-6-2-1-3-7-14)17(21)9-13-5-4-8-19-10-13;/h1-8,10,15-16H,9,11-12,18H2;1H/t15-,16+;/m0./s1. The van der Waals surface area contributed by atoms with Crippen molar-refractivity contribution in [2.45, 2.75) is 18.4 Å². The van der Waals surface area contributed by atoms with Crippen LogP contribution in [0, 0.1) is 0 Å². The molecule has 1 aliphatic heterocycles. The number of carbonyl (C=O) groups is 1. The maximum Gasteiger partial charge on any atom is 0.227 e. The van der Waals surface area contributed by atoms with E-state index in [0.29, 0.717) is 19.5 Å². The second kappa shape index (κ2) is 7.38. The molecule has 1 saturated heterocycles. The van der Waals surface area contributed by atoms with Crippen LogP contribution in [0.15, 0.2) is 54.9 Å². The zero-order valence-corrected chi connectivity index (χ0v) is 13.1. The number of pyridine rings is 1. The first kappa shape index (κ1) is 16.5. The maximum atomic E-state index is 12.4. The first-order valence-electron chi connectivity index (χ1n) is 7.21. The van der Waals surface area contributed by atoms with Gasteiger partial charge in [0.2, 0.25) is 5.91 Å². The van der Waals surface area contributed by atoms with Crippen LogP contribution in [0.4, 0.5) is 0 Å². The van der Waals surface area contributed by atoms with Gasteiger partial charge in [-0.3, -0.25) is 9.78 Å². The summed E-state index contributed by atoms with van der Waals surface area (Å²) in [5, 5.41) is 0. The molecule has 2 aromatic rings. The van der Waals surface area contributed by atoms with E-state index in [1.54, 1.807) is 12.4 Å². The normalized spacial score (nSPS) is 20.5. The van der Waals surface area contributed by atoms with Gasteiger partial charge >= 0.3 is 0 Å². The van der Waals surface area contributed by atoms with Crippen LogP contribution in [0.25, 0.3) is 0 Å². The smallest absolute Gasteiger partial charge is 0.227 e. The van der Waals surface area contributed by atoms with Gasteiger partial charge in [0, 0.05) is 37.4 Å². The molecule has 3 rings (SSSR count). The lowest BCUT2D eigenvalue weighted by atomic mass is 9.95. The number of hydrogen-bond acceptors (Lipinski definition) is 3. The quantitative estimate of drug-likeness (QED) is 0.942. The lowest BCUT2D eigenvalue weighted by molar-refractivity contribution is -0.129. The molecule has 4 nitrogen and oxygen atoms in total. The molecule has 22 heavy (non-hydrogen) atoms. The topological polar surface area (TPSA) is 59.2 Å². The van der Waals surface area contributed by atoms with E-state index in [1.165, 1.54) is 5.56 Å². The highest BCUT2D eigenvalue weighted by Gasteiger charge is 2.33. The van der Waals surface area contributed by atoms with Gasteiger partial charge in [-0.2, -0.15) is 0 Å². The molecule has 116 valence electrons. The molecule has 0 aliphatic carbocycles. The molecule has 0 saturated carbocycles. The van der Waals surface area contributed by atoms with Gasteiger partial charge in [-0.25, -0.2) is 0 Å². The van der Waals surface area contributed by atoms with Crippen LogP contribution >= 0.6 is 12.4 Å². The Hall–Kier alpha value is -1.91. The summed E-state index contributed by atoms with van der Waals surface area (Å²) >= 11 is 0. The molecule has 1 amide bonds. The summed E-state index contributed by atoms with van der Waals surface area (Å²) in [4.78, 5) is 18.3. The Bertz CT molecular complexity index is 606. The van der Waals surface area contributed by atoms with Crippen molar-refractivity contribution < 1.29 is 4.79 Å². The van der Waals surface area contributed by atoms with Gasteiger partial charge in [0.1, 0.15) is 0 Å². The number of hydrogen-bond donors (Lipinski definition) is 1. The summed E-state index contributed by atoms with van der Waals surface area (Å²) in [6.07, 6.45) is 3.84. The summed E-state index contributed by atoms with van der Waals surface area (Å²) in [6.45, 7) is 1.32. The van der Waals surface area contributed by atoms with Crippen molar-refractivity contribution in [1.29, 1.82) is 0 Å². The van der Waals surface area contributed by atoms with Crippen molar-refractivity contribution in [3.63, 3.8) is 0 Å². The van der Waals surface area contributed by atoms with E-state index >= 15 is 0 Å². The van der Waals surface area contributed by atoms with Crippen molar-refractivity contribution in [3.05, 3.63) is 66.0 Å². The fourth-order valence-electron chi connectivity index (χ4n) is 2.87. The van der Waals surface area contributed by atoms with Crippen LogP contribution in [0.5, 0.6) is 0 Å². The summed E-state index contributed by atoms with van der Waals surface area (Å²) in [5.74, 6) is 0.348. The van der Waals surface area contributed by atoms with Crippen LogP contribution < -0.4 is 5.73 Å². The summed E-state index contributed by atoms with van der Waals surface area (Å²) < 4.78 is 0. The zero-order valence-electron chi connectivity index (χ0n) is 12.3. The van der Waals surface area contributed by atoms with Crippen LogP contribution in [0.2, 0.25) is 0 Å². The second-order valence-corrected chi connectivity index (χ2v) is 5.52. The summed E-state index contributed by atoms with van der Waals surface area (Å²) in [7, 11) is 0. The van der Waals surface area contributed by atoms with Gasteiger partial charge in [0.15, 0.2) is 0 Å². The highest BCUT2D eigenvalue weighted by atomic mass is 35.5. The van der Waals surface area contributed by atoms with Crippen molar-refractivity contribution in [2.75, 3.05) is 13.1 Å². The molecular weight excluding hydrogens is 298 g/mol. The summed E-state index contributed by atoms with van der Waals surface area (Å²) in [5.41, 5.74) is 8.38. The SMILES string of the molecule is Cl.N[C@@H]1CN(C(=O)Cc2cccnc2)C[C@H]1c1ccccc1. The highest BCUT2D eigenvalue weighted by molar-refractivity contribution is 5.85. The minimum Gasteiger partial charge on any atom is -0.340 e. The predicted molar refractivity (Wildman–Crippen MR) is 88.9 cm³/mol. The monoisotopic (exact) mass is 317 g/mol. The Balaban J connectivity index is 0.00000176. The minimum atomic E-state index is 0. The average Bonchev–Trinajstić information content (AvgIpc) is 2.91. The molecule has 2 heterocycles. The maximum absolute atomic E-state index is 12.4. The van der Waals surface area contributed by atoms with Crippen LogP contribution in [-0.2, 0) is 11.2 Å². The number of aromatic nitrogens is 1. The van der Waals surface area contributed by atoms with Gasteiger partial charge in [-0.15, -0.1) is 12.4 Å². The molecule has 0 unspecified atom stereocenters. The molecule has 1 fully saturated rings. The molecule has 2 N–H and O–H groups in total. The average molecular weight is 318 g/mol.